The number of carbonyl (C=O) groups is 2. The van der Waals surface area contributed by atoms with Gasteiger partial charge in [0.05, 0.1) is 23.3 Å². The Kier molecular flexibility index (Phi) is 5.72. The van der Waals surface area contributed by atoms with E-state index < -0.39 is 10.0 Å². The van der Waals surface area contributed by atoms with E-state index in [1.807, 2.05) is 13.8 Å². The van der Waals surface area contributed by atoms with Gasteiger partial charge in [-0.3, -0.25) is 14.5 Å². The van der Waals surface area contributed by atoms with Crippen LogP contribution in [0.25, 0.3) is 0 Å². The quantitative estimate of drug-likeness (QED) is 0.698. The zero-order valence-electron chi connectivity index (χ0n) is 16.3. The summed E-state index contributed by atoms with van der Waals surface area (Å²) < 4.78 is 27.3. The van der Waals surface area contributed by atoms with Gasteiger partial charge in [0.15, 0.2) is 0 Å². The number of nitrogens with zero attached hydrogens (tertiary/aromatic N) is 2. The van der Waals surface area contributed by atoms with Crippen molar-refractivity contribution in [3.8, 4) is 0 Å². The van der Waals surface area contributed by atoms with Crippen molar-refractivity contribution in [2.75, 3.05) is 13.1 Å². The van der Waals surface area contributed by atoms with Crippen LogP contribution in [-0.2, 0) is 26.2 Å². The van der Waals surface area contributed by atoms with E-state index in [9.17, 15) is 18.0 Å². The first-order valence-corrected chi connectivity index (χ1v) is 11.2. The highest BCUT2D eigenvalue weighted by atomic mass is 32.2. The molecule has 1 heterocycles. The molecule has 2 atom stereocenters. The lowest BCUT2D eigenvalue weighted by molar-refractivity contribution is -0.140. The lowest BCUT2D eigenvalue weighted by atomic mass is 9.81. The average molecular weight is 393 g/mol. The van der Waals surface area contributed by atoms with Crippen molar-refractivity contribution in [2.24, 2.45) is 11.8 Å². The minimum absolute atomic E-state index is 0.0987. The molecule has 0 unspecified atom stereocenters. The molecule has 7 heteroatoms. The maximum Gasteiger partial charge on any atom is 0.243 e. The van der Waals surface area contributed by atoms with Crippen LogP contribution < -0.4 is 0 Å². The number of amides is 2. The van der Waals surface area contributed by atoms with Crippen LogP contribution in [0.3, 0.4) is 0 Å². The van der Waals surface area contributed by atoms with E-state index in [4.69, 9.17) is 0 Å². The predicted octanol–water partition coefficient (Wildman–Crippen LogP) is 2.70. The standard InChI is InChI=1S/C20H28N2O4S/c1-4-21(5-2)27(25,26)18-12-15(11-10-14(18)3)13-22-19(23)16-8-6-7-9-17(16)20(22)24/h10-12,16-17H,4-9,13H2,1-3H3/t16-,17-/m0/s1. The molecule has 2 amide bonds. The molecule has 1 saturated heterocycles. The second-order valence-corrected chi connectivity index (χ2v) is 9.36. The lowest BCUT2D eigenvalue weighted by Crippen LogP contribution is -2.32. The van der Waals surface area contributed by atoms with Crippen LogP contribution in [0.15, 0.2) is 23.1 Å². The molecule has 3 rings (SSSR count). The van der Waals surface area contributed by atoms with Crippen LogP contribution in [0, 0.1) is 18.8 Å². The molecule has 1 aliphatic heterocycles. The molecule has 2 fully saturated rings. The number of rotatable bonds is 6. The van der Waals surface area contributed by atoms with Gasteiger partial charge in [0.1, 0.15) is 0 Å². The number of sulfonamides is 1. The number of likely N-dealkylation sites (tertiary alicyclic amines) is 1. The molecular weight excluding hydrogens is 364 g/mol. The monoisotopic (exact) mass is 392 g/mol. The van der Waals surface area contributed by atoms with Gasteiger partial charge in [0, 0.05) is 13.1 Å². The fourth-order valence-electron chi connectivity index (χ4n) is 4.29. The molecule has 0 spiro atoms. The lowest BCUT2D eigenvalue weighted by Gasteiger charge is -2.21. The number of aryl methyl sites for hydroxylation is 1. The third kappa shape index (κ3) is 3.55. The molecule has 2 aliphatic rings. The maximum absolute atomic E-state index is 12.9. The molecule has 1 aromatic carbocycles. The Balaban J connectivity index is 1.89. The van der Waals surface area contributed by atoms with Crippen molar-refractivity contribution in [3.05, 3.63) is 29.3 Å². The Morgan fingerprint density at radius 3 is 2.11 bits per heavy atom. The molecule has 0 radical (unpaired) electrons. The molecule has 27 heavy (non-hydrogen) atoms. The third-order valence-electron chi connectivity index (χ3n) is 5.85. The number of imide groups is 1. The topological polar surface area (TPSA) is 74.8 Å². The molecule has 1 aromatic rings. The molecule has 6 nitrogen and oxygen atoms in total. The van der Waals surface area contributed by atoms with E-state index >= 15 is 0 Å². The molecular formula is C20H28N2O4S. The van der Waals surface area contributed by atoms with Crippen LogP contribution >= 0.6 is 0 Å². The summed E-state index contributed by atoms with van der Waals surface area (Å²) in [7, 11) is -3.59. The SMILES string of the molecule is CCN(CC)S(=O)(=O)c1cc(CN2C(=O)[C@H]3CCCC[C@@H]3C2=O)ccc1C. The predicted molar refractivity (Wildman–Crippen MR) is 102 cm³/mol. The number of hydrogen-bond acceptors (Lipinski definition) is 4. The molecule has 0 N–H and O–H groups in total. The zero-order chi connectivity index (χ0) is 19.8. The van der Waals surface area contributed by atoms with Gasteiger partial charge < -0.3 is 0 Å². The Labute approximate surface area is 161 Å². The van der Waals surface area contributed by atoms with Crippen LogP contribution in [0.5, 0.6) is 0 Å². The van der Waals surface area contributed by atoms with Gasteiger partial charge in [-0.15, -0.1) is 0 Å². The Hall–Kier alpha value is -1.73. The first kappa shape index (κ1) is 20.0. The fraction of sp³-hybridized carbons (Fsp3) is 0.600. The second kappa shape index (κ2) is 7.72. The van der Waals surface area contributed by atoms with Gasteiger partial charge in [-0.25, -0.2) is 8.42 Å². The van der Waals surface area contributed by atoms with Crippen molar-refractivity contribution in [1.82, 2.24) is 9.21 Å². The highest BCUT2D eigenvalue weighted by Crippen LogP contribution is 2.38. The van der Waals surface area contributed by atoms with Crippen molar-refractivity contribution in [2.45, 2.75) is 57.9 Å². The zero-order valence-corrected chi connectivity index (χ0v) is 17.1. The number of hydrogen-bond donors (Lipinski definition) is 0. The third-order valence-corrected chi connectivity index (χ3v) is 8.04. The van der Waals surface area contributed by atoms with Gasteiger partial charge in [-0.2, -0.15) is 4.31 Å². The van der Waals surface area contributed by atoms with E-state index in [2.05, 4.69) is 0 Å². The average Bonchev–Trinajstić information content (AvgIpc) is 2.89. The summed E-state index contributed by atoms with van der Waals surface area (Å²) in [6.07, 6.45) is 3.54. The summed E-state index contributed by atoms with van der Waals surface area (Å²) in [6.45, 7) is 6.32. The Bertz CT molecular complexity index is 822. The number of fused-ring (bicyclic) bond motifs is 1. The normalized spacial score (nSPS) is 23.2. The smallest absolute Gasteiger partial charge is 0.243 e. The van der Waals surface area contributed by atoms with Crippen LogP contribution in [0.4, 0.5) is 0 Å². The minimum Gasteiger partial charge on any atom is -0.278 e. The maximum atomic E-state index is 12.9. The van der Waals surface area contributed by atoms with Crippen molar-refractivity contribution < 1.29 is 18.0 Å². The van der Waals surface area contributed by atoms with E-state index in [1.54, 1.807) is 25.1 Å². The van der Waals surface area contributed by atoms with E-state index in [1.165, 1.54) is 9.21 Å². The summed E-state index contributed by atoms with van der Waals surface area (Å²) in [5, 5.41) is 0. The van der Waals surface area contributed by atoms with Gasteiger partial charge in [-0.05, 0) is 37.0 Å². The molecule has 148 valence electrons. The van der Waals surface area contributed by atoms with E-state index in [0.717, 1.165) is 25.7 Å². The molecule has 1 aliphatic carbocycles. The second-order valence-electron chi connectivity index (χ2n) is 7.45. The van der Waals surface area contributed by atoms with Gasteiger partial charge >= 0.3 is 0 Å². The van der Waals surface area contributed by atoms with Crippen molar-refractivity contribution in [3.63, 3.8) is 0 Å². The Morgan fingerprint density at radius 1 is 1.04 bits per heavy atom. The fourth-order valence-corrected chi connectivity index (χ4v) is 6.03. The summed E-state index contributed by atoms with van der Waals surface area (Å²) in [5.74, 6) is -0.567. The van der Waals surface area contributed by atoms with Crippen molar-refractivity contribution in [1.29, 1.82) is 0 Å². The summed E-state index contributed by atoms with van der Waals surface area (Å²) in [4.78, 5) is 26.9. The largest absolute Gasteiger partial charge is 0.278 e. The van der Waals surface area contributed by atoms with E-state index in [-0.39, 0.29) is 35.1 Å². The number of carbonyl (C=O) groups excluding carboxylic acids is 2. The number of benzene rings is 1. The van der Waals surface area contributed by atoms with Crippen LogP contribution in [0.2, 0.25) is 0 Å². The van der Waals surface area contributed by atoms with Crippen LogP contribution in [-0.4, -0.2) is 42.5 Å². The summed E-state index contributed by atoms with van der Waals surface area (Å²) in [6, 6.07) is 5.18. The van der Waals surface area contributed by atoms with Gasteiger partial charge in [-0.1, -0.05) is 38.8 Å². The molecule has 0 aromatic heterocycles. The first-order chi connectivity index (χ1) is 12.8. The van der Waals surface area contributed by atoms with Gasteiger partial charge in [0.2, 0.25) is 21.8 Å². The molecule has 0 bridgehead atoms. The van der Waals surface area contributed by atoms with Crippen molar-refractivity contribution >= 4 is 21.8 Å². The minimum atomic E-state index is -3.59. The van der Waals surface area contributed by atoms with Gasteiger partial charge in [0.25, 0.3) is 0 Å². The Morgan fingerprint density at radius 2 is 1.59 bits per heavy atom. The molecule has 1 saturated carbocycles. The van der Waals surface area contributed by atoms with E-state index in [0.29, 0.717) is 24.2 Å². The first-order valence-electron chi connectivity index (χ1n) is 9.76. The highest BCUT2D eigenvalue weighted by molar-refractivity contribution is 7.89. The summed E-state index contributed by atoms with van der Waals surface area (Å²) >= 11 is 0. The summed E-state index contributed by atoms with van der Waals surface area (Å²) in [5.41, 5.74) is 1.34. The van der Waals surface area contributed by atoms with Crippen LogP contribution in [0.1, 0.15) is 50.7 Å². The highest BCUT2D eigenvalue weighted by Gasteiger charge is 2.47.